The number of hydrogen-bond acceptors (Lipinski definition) is 6. The highest BCUT2D eigenvalue weighted by Crippen LogP contribution is 2.30. The molecule has 0 bridgehead atoms. The van der Waals surface area contributed by atoms with Crippen molar-refractivity contribution in [1.82, 2.24) is 14.5 Å². The molecule has 5 aromatic rings. The van der Waals surface area contributed by atoms with Gasteiger partial charge in [0.05, 0.1) is 31.3 Å². The van der Waals surface area contributed by atoms with Gasteiger partial charge in [-0.3, -0.25) is 14.2 Å². The molecule has 0 saturated carbocycles. The third-order valence-corrected chi connectivity index (χ3v) is 6.75. The van der Waals surface area contributed by atoms with Crippen molar-refractivity contribution in [2.75, 3.05) is 25.3 Å². The predicted molar refractivity (Wildman–Crippen MR) is 143 cm³/mol. The van der Waals surface area contributed by atoms with Crippen molar-refractivity contribution >= 4 is 56.9 Å². The molecule has 0 aliphatic rings. The molecule has 0 radical (unpaired) electrons. The number of H-pyrrole nitrogens is 1. The van der Waals surface area contributed by atoms with Crippen LogP contribution in [-0.4, -0.2) is 40.4 Å². The monoisotopic (exact) mass is 520 g/mol. The maximum Gasteiger partial charge on any atom is 0.283 e. The number of aromatic nitrogens is 3. The van der Waals surface area contributed by atoms with Crippen LogP contribution in [0.4, 0.5) is 5.69 Å². The van der Waals surface area contributed by atoms with Gasteiger partial charge in [0, 0.05) is 22.0 Å². The number of carbonyl (C=O) groups excluding carboxylic acids is 1. The van der Waals surface area contributed by atoms with E-state index in [-0.39, 0.29) is 17.2 Å². The summed E-state index contributed by atoms with van der Waals surface area (Å²) in [6, 6.07) is 19.7. The highest BCUT2D eigenvalue weighted by Gasteiger charge is 2.19. The van der Waals surface area contributed by atoms with Crippen molar-refractivity contribution in [2.45, 2.75) is 5.16 Å². The molecule has 0 atom stereocenters. The Morgan fingerprint density at radius 3 is 2.72 bits per heavy atom. The molecule has 5 rings (SSSR count). The standard InChI is InChI=1S/C26H21ClN4O4S/c1-34-17-7-5-6-16(13-17)31-25(33)24-23(18-8-3-4-9-19(18)29-24)30-26(31)36-14-22(32)28-20-12-15(27)10-11-21(20)35-2/h3-13,29H,14H2,1-2H3,(H,28,32). The van der Waals surface area contributed by atoms with Gasteiger partial charge in [-0.1, -0.05) is 47.6 Å². The van der Waals surface area contributed by atoms with Crippen LogP contribution in [-0.2, 0) is 4.79 Å². The van der Waals surface area contributed by atoms with Crippen LogP contribution in [0.15, 0.2) is 76.7 Å². The third-order valence-electron chi connectivity index (χ3n) is 5.57. The van der Waals surface area contributed by atoms with E-state index in [0.29, 0.717) is 44.1 Å². The van der Waals surface area contributed by atoms with Crippen molar-refractivity contribution in [3.05, 3.63) is 82.1 Å². The van der Waals surface area contributed by atoms with Crippen LogP contribution in [0.2, 0.25) is 5.02 Å². The molecule has 182 valence electrons. The molecule has 2 aromatic heterocycles. The van der Waals surface area contributed by atoms with Gasteiger partial charge in [-0.15, -0.1) is 0 Å². The first-order valence-electron chi connectivity index (χ1n) is 10.9. The maximum absolute atomic E-state index is 13.7. The molecule has 0 saturated heterocycles. The molecule has 36 heavy (non-hydrogen) atoms. The summed E-state index contributed by atoms with van der Waals surface area (Å²) in [5, 5.41) is 4.49. The van der Waals surface area contributed by atoms with E-state index in [4.69, 9.17) is 26.1 Å². The number of hydrogen-bond donors (Lipinski definition) is 2. The van der Waals surface area contributed by atoms with Gasteiger partial charge < -0.3 is 19.8 Å². The van der Waals surface area contributed by atoms with Gasteiger partial charge in [0.1, 0.15) is 22.5 Å². The second-order valence-corrected chi connectivity index (χ2v) is 9.19. The normalized spacial score (nSPS) is 11.1. The summed E-state index contributed by atoms with van der Waals surface area (Å²) in [7, 11) is 3.08. The van der Waals surface area contributed by atoms with E-state index < -0.39 is 0 Å². The zero-order valence-electron chi connectivity index (χ0n) is 19.4. The van der Waals surface area contributed by atoms with Crippen LogP contribution in [0, 0.1) is 0 Å². The summed E-state index contributed by atoms with van der Waals surface area (Å²) in [6.07, 6.45) is 0. The number of methoxy groups -OCH3 is 2. The molecule has 3 aromatic carbocycles. The first-order valence-corrected chi connectivity index (χ1v) is 12.3. The SMILES string of the molecule is COc1cccc(-n2c(SCC(=O)Nc3cc(Cl)ccc3OC)nc3c([nH]c4ccccc43)c2=O)c1. The Hall–Kier alpha value is -3.95. The minimum absolute atomic E-state index is 0.0000613. The van der Waals surface area contributed by atoms with Gasteiger partial charge in [0.25, 0.3) is 5.56 Å². The highest BCUT2D eigenvalue weighted by molar-refractivity contribution is 7.99. The summed E-state index contributed by atoms with van der Waals surface area (Å²) >= 11 is 7.23. The summed E-state index contributed by atoms with van der Waals surface area (Å²) < 4.78 is 12.1. The Labute approximate surface area is 215 Å². The second kappa shape index (κ2) is 9.96. The summed E-state index contributed by atoms with van der Waals surface area (Å²) in [6.45, 7) is 0. The van der Waals surface area contributed by atoms with Gasteiger partial charge >= 0.3 is 0 Å². The number of ether oxygens (including phenoxy) is 2. The van der Waals surface area contributed by atoms with E-state index in [1.165, 1.54) is 11.7 Å². The lowest BCUT2D eigenvalue weighted by Gasteiger charge is -2.14. The number of nitrogens with zero attached hydrogens (tertiary/aromatic N) is 2. The van der Waals surface area contributed by atoms with Crippen LogP contribution >= 0.6 is 23.4 Å². The van der Waals surface area contributed by atoms with Crippen LogP contribution in [0.25, 0.3) is 27.6 Å². The molecule has 10 heteroatoms. The van der Waals surface area contributed by atoms with Crippen molar-refractivity contribution in [3.63, 3.8) is 0 Å². The van der Waals surface area contributed by atoms with E-state index in [0.717, 1.165) is 22.7 Å². The Kier molecular flexibility index (Phi) is 6.58. The molecule has 2 N–H and O–H groups in total. The lowest BCUT2D eigenvalue weighted by Crippen LogP contribution is -2.23. The smallest absolute Gasteiger partial charge is 0.283 e. The average molecular weight is 521 g/mol. The van der Waals surface area contributed by atoms with Crippen LogP contribution in [0.5, 0.6) is 11.5 Å². The van der Waals surface area contributed by atoms with Gasteiger partial charge in [-0.25, -0.2) is 4.98 Å². The largest absolute Gasteiger partial charge is 0.497 e. The number of para-hydroxylation sites is 1. The van der Waals surface area contributed by atoms with Gasteiger partial charge in [-0.05, 0) is 36.4 Å². The first-order chi connectivity index (χ1) is 17.5. The molecular weight excluding hydrogens is 500 g/mol. The van der Waals surface area contributed by atoms with Crippen LogP contribution < -0.4 is 20.3 Å². The Balaban J connectivity index is 1.55. The first kappa shape index (κ1) is 23.8. The molecular formula is C26H21ClN4O4S. The number of carbonyl (C=O) groups is 1. The van der Waals surface area contributed by atoms with E-state index in [1.54, 1.807) is 49.6 Å². The van der Waals surface area contributed by atoms with Crippen molar-refractivity contribution in [1.29, 1.82) is 0 Å². The fourth-order valence-electron chi connectivity index (χ4n) is 3.91. The zero-order chi connectivity index (χ0) is 25.2. The maximum atomic E-state index is 13.7. The van der Waals surface area contributed by atoms with Crippen LogP contribution in [0.3, 0.4) is 0 Å². The lowest BCUT2D eigenvalue weighted by atomic mass is 10.2. The average Bonchev–Trinajstić information content (AvgIpc) is 3.27. The molecule has 0 spiro atoms. The van der Waals surface area contributed by atoms with E-state index in [1.807, 2.05) is 24.3 Å². The minimum atomic E-state index is -0.300. The quantitative estimate of drug-likeness (QED) is 0.224. The Bertz CT molecular complexity index is 1660. The molecule has 2 heterocycles. The Morgan fingerprint density at radius 1 is 1.08 bits per heavy atom. The number of fused-ring (bicyclic) bond motifs is 3. The molecule has 0 fully saturated rings. The second-order valence-electron chi connectivity index (χ2n) is 7.81. The molecule has 1 amide bonds. The van der Waals surface area contributed by atoms with Crippen molar-refractivity contribution in [3.8, 4) is 17.2 Å². The number of halogens is 1. The zero-order valence-corrected chi connectivity index (χ0v) is 20.9. The molecule has 0 unspecified atom stereocenters. The van der Waals surface area contributed by atoms with Gasteiger partial charge in [0.15, 0.2) is 5.16 Å². The van der Waals surface area contributed by atoms with Gasteiger partial charge in [0.2, 0.25) is 5.91 Å². The molecule has 0 aliphatic carbocycles. The van der Waals surface area contributed by atoms with Gasteiger partial charge in [-0.2, -0.15) is 0 Å². The Morgan fingerprint density at radius 2 is 1.92 bits per heavy atom. The van der Waals surface area contributed by atoms with Crippen LogP contribution in [0.1, 0.15) is 0 Å². The lowest BCUT2D eigenvalue weighted by molar-refractivity contribution is -0.113. The number of aromatic amines is 1. The number of thioether (sulfide) groups is 1. The number of anilines is 1. The third kappa shape index (κ3) is 4.50. The summed E-state index contributed by atoms with van der Waals surface area (Å²) in [4.78, 5) is 34.5. The fraction of sp³-hybridized carbons (Fsp3) is 0.115. The van der Waals surface area contributed by atoms with E-state index in [9.17, 15) is 9.59 Å². The molecule has 0 aliphatic heterocycles. The molecule has 8 nitrogen and oxygen atoms in total. The highest BCUT2D eigenvalue weighted by atomic mass is 35.5. The van der Waals surface area contributed by atoms with E-state index >= 15 is 0 Å². The number of rotatable bonds is 7. The predicted octanol–water partition coefficient (Wildman–Crippen LogP) is 5.27. The van der Waals surface area contributed by atoms with Crippen molar-refractivity contribution in [2.24, 2.45) is 0 Å². The van der Waals surface area contributed by atoms with Crippen molar-refractivity contribution < 1.29 is 14.3 Å². The summed E-state index contributed by atoms with van der Waals surface area (Å²) in [5.41, 5.74) is 2.50. The number of nitrogens with one attached hydrogen (secondary N) is 2. The summed E-state index contributed by atoms with van der Waals surface area (Å²) in [5.74, 6) is 0.785. The number of amides is 1. The minimum Gasteiger partial charge on any atom is -0.497 e. The number of benzene rings is 3. The fourth-order valence-corrected chi connectivity index (χ4v) is 4.89. The van der Waals surface area contributed by atoms with E-state index in [2.05, 4.69) is 10.3 Å². The topological polar surface area (TPSA) is 98.2 Å².